The van der Waals surface area contributed by atoms with Gasteiger partial charge in [-0.05, 0) is 53.8 Å². The van der Waals surface area contributed by atoms with Gasteiger partial charge in [0, 0.05) is 29.8 Å². The summed E-state index contributed by atoms with van der Waals surface area (Å²) in [5, 5.41) is 11.9. The number of esters is 1. The molecule has 196 valence electrons. The fourth-order valence-electron chi connectivity index (χ4n) is 5.27. The predicted octanol–water partition coefficient (Wildman–Crippen LogP) is 6.49. The van der Waals surface area contributed by atoms with Crippen LogP contribution in [0.15, 0.2) is 53.5 Å². The number of carboxylic acid groups (broad SMARTS) is 1. The zero-order valence-electron chi connectivity index (χ0n) is 21.7. The molecular formula is C30H36N2O4S. The molecule has 1 saturated carbocycles. The summed E-state index contributed by atoms with van der Waals surface area (Å²) in [6.07, 6.45) is 11.4. The number of rotatable bonds is 12. The van der Waals surface area contributed by atoms with Crippen LogP contribution in [0.2, 0.25) is 0 Å². The zero-order valence-corrected chi connectivity index (χ0v) is 22.5. The number of hydrogen-bond donors (Lipinski definition) is 1. The smallest absolute Gasteiger partial charge is 0.334 e. The Morgan fingerprint density at radius 3 is 2.59 bits per heavy atom. The average Bonchev–Trinajstić information content (AvgIpc) is 3.67. The van der Waals surface area contributed by atoms with Crippen LogP contribution in [0.4, 0.5) is 0 Å². The number of hydrogen-bond acceptors (Lipinski definition) is 5. The molecule has 0 radical (unpaired) electrons. The molecule has 3 aromatic rings. The van der Waals surface area contributed by atoms with Gasteiger partial charge in [-0.2, -0.15) is 0 Å². The minimum atomic E-state index is -0.732. The molecule has 37 heavy (non-hydrogen) atoms. The number of thiophene rings is 1. The molecule has 0 aliphatic heterocycles. The van der Waals surface area contributed by atoms with E-state index in [1.807, 2.05) is 54.1 Å². The monoisotopic (exact) mass is 520 g/mol. The Bertz CT molecular complexity index is 1200. The Balaban J connectivity index is 1.62. The minimum Gasteiger partial charge on any atom is -0.481 e. The summed E-state index contributed by atoms with van der Waals surface area (Å²) < 4.78 is 7.24. The van der Waals surface area contributed by atoms with Crippen molar-refractivity contribution in [3.63, 3.8) is 0 Å². The topological polar surface area (TPSA) is 81.4 Å². The molecule has 1 N–H and O–H groups in total. The number of carbonyl (C=O) groups excluding carboxylic acids is 1. The van der Waals surface area contributed by atoms with E-state index < -0.39 is 11.9 Å². The quantitative estimate of drug-likeness (QED) is 0.218. The van der Waals surface area contributed by atoms with Gasteiger partial charge in [0.2, 0.25) is 0 Å². The van der Waals surface area contributed by atoms with Crippen LogP contribution in [-0.2, 0) is 33.7 Å². The molecule has 1 atom stereocenters. The lowest BCUT2D eigenvalue weighted by molar-refractivity contribution is -0.140. The van der Waals surface area contributed by atoms with Crippen molar-refractivity contribution in [1.29, 1.82) is 0 Å². The number of aromatic nitrogens is 2. The van der Waals surface area contributed by atoms with E-state index in [0.717, 1.165) is 72.5 Å². The van der Waals surface area contributed by atoms with Crippen molar-refractivity contribution in [1.82, 2.24) is 9.55 Å². The number of aliphatic carboxylic acids is 1. The molecule has 1 aromatic carbocycles. The van der Waals surface area contributed by atoms with Gasteiger partial charge in [-0.1, -0.05) is 56.5 Å². The van der Waals surface area contributed by atoms with Crippen LogP contribution in [-0.4, -0.2) is 33.7 Å². The minimum absolute atomic E-state index is 0.217. The molecule has 0 bridgehead atoms. The maximum Gasteiger partial charge on any atom is 0.334 e. The molecule has 4 rings (SSSR count). The van der Waals surface area contributed by atoms with Crippen LogP contribution in [0, 0.1) is 5.92 Å². The molecule has 0 saturated heterocycles. The summed E-state index contributed by atoms with van der Waals surface area (Å²) in [5.74, 6) is -0.318. The second-order valence-corrected chi connectivity index (χ2v) is 10.8. The Labute approximate surface area is 223 Å². The van der Waals surface area contributed by atoms with Gasteiger partial charge in [-0.3, -0.25) is 4.79 Å². The molecule has 0 spiro atoms. The van der Waals surface area contributed by atoms with E-state index >= 15 is 0 Å². The van der Waals surface area contributed by atoms with Crippen molar-refractivity contribution in [2.75, 3.05) is 7.11 Å². The second kappa shape index (κ2) is 12.9. The molecule has 7 heteroatoms. The molecule has 2 heterocycles. The van der Waals surface area contributed by atoms with Gasteiger partial charge >= 0.3 is 11.9 Å². The van der Waals surface area contributed by atoms with Crippen LogP contribution in [0.1, 0.15) is 78.9 Å². The number of ether oxygens (including phenoxy) is 1. The van der Waals surface area contributed by atoms with Gasteiger partial charge in [0.25, 0.3) is 0 Å². The van der Waals surface area contributed by atoms with E-state index in [1.165, 1.54) is 7.11 Å². The molecule has 1 aliphatic rings. The first-order valence-electron chi connectivity index (χ1n) is 13.2. The number of nitrogens with zero attached hydrogens (tertiary/aromatic N) is 2. The van der Waals surface area contributed by atoms with Crippen molar-refractivity contribution in [2.45, 2.75) is 70.8 Å². The van der Waals surface area contributed by atoms with Gasteiger partial charge in [0.05, 0.1) is 24.9 Å². The third kappa shape index (κ3) is 6.77. The summed E-state index contributed by atoms with van der Waals surface area (Å²) in [5.41, 5.74) is 3.40. The zero-order chi connectivity index (χ0) is 26.2. The fraction of sp³-hybridized carbons (Fsp3) is 0.433. The molecular weight excluding hydrogens is 484 g/mol. The van der Waals surface area contributed by atoms with Crippen LogP contribution in [0.3, 0.4) is 0 Å². The summed E-state index contributed by atoms with van der Waals surface area (Å²) >= 11 is 1.61. The Morgan fingerprint density at radius 2 is 1.97 bits per heavy atom. The van der Waals surface area contributed by atoms with Crippen molar-refractivity contribution >= 4 is 29.4 Å². The van der Waals surface area contributed by atoms with Gasteiger partial charge in [-0.15, -0.1) is 11.3 Å². The number of benzene rings is 1. The number of carboxylic acids is 1. The first-order valence-corrected chi connectivity index (χ1v) is 14.1. The lowest BCUT2D eigenvalue weighted by atomic mass is 9.84. The SMILES string of the molecule is CCCCc1ncc(/C=C(\Cc2cccs2)C(=O)OC)n1Cc1ccc(C(C(=O)O)C2CCCC2)cc1. The van der Waals surface area contributed by atoms with Crippen LogP contribution in [0.25, 0.3) is 6.08 Å². The van der Waals surface area contributed by atoms with E-state index in [9.17, 15) is 14.7 Å². The predicted molar refractivity (Wildman–Crippen MR) is 147 cm³/mol. The largest absolute Gasteiger partial charge is 0.481 e. The molecule has 1 unspecified atom stereocenters. The highest BCUT2D eigenvalue weighted by Crippen LogP contribution is 2.37. The number of methoxy groups -OCH3 is 1. The normalized spacial score (nSPS) is 15.1. The van der Waals surface area contributed by atoms with Gasteiger partial charge in [0.1, 0.15) is 5.82 Å². The van der Waals surface area contributed by atoms with E-state index in [-0.39, 0.29) is 11.9 Å². The summed E-state index contributed by atoms with van der Waals surface area (Å²) in [4.78, 5) is 30.4. The number of unbranched alkanes of at least 4 members (excludes halogenated alkanes) is 1. The number of imidazole rings is 1. The second-order valence-electron chi connectivity index (χ2n) is 9.81. The van der Waals surface area contributed by atoms with Crippen LogP contribution >= 0.6 is 11.3 Å². The third-order valence-corrected chi connectivity index (χ3v) is 8.13. The number of aryl methyl sites for hydroxylation is 1. The molecule has 0 amide bonds. The lowest BCUT2D eigenvalue weighted by Gasteiger charge is -2.20. The molecule has 6 nitrogen and oxygen atoms in total. The summed E-state index contributed by atoms with van der Waals surface area (Å²) in [7, 11) is 1.41. The van der Waals surface area contributed by atoms with Gasteiger partial charge in [0.15, 0.2) is 0 Å². The van der Waals surface area contributed by atoms with E-state index in [0.29, 0.717) is 18.5 Å². The van der Waals surface area contributed by atoms with Crippen LogP contribution in [0.5, 0.6) is 0 Å². The average molecular weight is 521 g/mol. The first kappa shape index (κ1) is 26.9. The Hall–Kier alpha value is -3.19. The molecule has 1 fully saturated rings. The van der Waals surface area contributed by atoms with E-state index in [1.54, 1.807) is 11.3 Å². The number of carbonyl (C=O) groups is 2. The van der Waals surface area contributed by atoms with Crippen molar-refractivity contribution in [2.24, 2.45) is 5.92 Å². The highest BCUT2D eigenvalue weighted by atomic mass is 32.1. The first-order chi connectivity index (χ1) is 18.0. The highest BCUT2D eigenvalue weighted by Gasteiger charge is 2.31. The lowest BCUT2D eigenvalue weighted by Crippen LogP contribution is -2.19. The molecule has 1 aliphatic carbocycles. The van der Waals surface area contributed by atoms with Crippen molar-refractivity contribution in [3.8, 4) is 0 Å². The Morgan fingerprint density at radius 1 is 1.22 bits per heavy atom. The van der Waals surface area contributed by atoms with Gasteiger partial charge in [-0.25, -0.2) is 9.78 Å². The van der Waals surface area contributed by atoms with Crippen molar-refractivity contribution in [3.05, 3.63) is 81.1 Å². The van der Waals surface area contributed by atoms with E-state index in [4.69, 9.17) is 9.72 Å². The third-order valence-electron chi connectivity index (χ3n) is 7.25. The van der Waals surface area contributed by atoms with Gasteiger partial charge < -0.3 is 14.4 Å². The fourth-order valence-corrected chi connectivity index (χ4v) is 6.00. The van der Waals surface area contributed by atoms with Crippen molar-refractivity contribution < 1.29 is 19.4 Å². The standard InChI is InChI=1S/C30H36N2O4S/c1-3-4-11-27-31-19-25(17-24(30(35)36-2)18-26-10-7-16-37-26)32(27)20-21-12-14-23(15-13-21)28(29(33)34)22-8-5-6-9-22/h7,10,12-17,19,22,28H,3-6,8-9,11,18,20H2,1-2H3,(H,33,34)/b24-17+. The molecule has 2 aromatic heterocycles. The maximum atomic E-state index is 12.6. The highest BCUT2D eigenvalue weighted by molar-refractivity contribution is 7.09. The van der Waals surface area contributed by atoms with Crippen LogP contribution < -0.4 is 0 Å². The van der Waals surface area contributed by atoms with E-state index in [2.05, 4.69) is 11.5 Å². The maximum absolute atomic E-state index is 12.6. The summed E-state index contributed by atoms with van der Waals surface area (Å²) in [6.45, 7) is 2.76. The Kier molecular flexibility index (Phi) is 9.34. The summed E-state index contributed by atoms with van der Waals surface area (Å²) in [6, 6.07) is 12.0.